The third-order valence-electron chi connectivity index (χ3n) is 3.69. The van der Waals surface area contributed by atoms with Crippen LogP contribution in [0.1, 0.15) is 36.8 Å². The molecule has 0 radical (unpaired) electrons. The number of hydrogen-bond donors (Lipinski definition) is 1. The van der Waals surface area contributed by atoms with E-state index in [0.29, 0.717) is 0 Å². The molecule has 1 unspecified atom stereocenters. The second-order valence-electron chi connectivity index (χ2n) is 4.98. The first-order valence-electron chi connectivity index (χ1n) is 7.27. The van der Waals surface area contributed by atoms with Crippen molar-refractivity contribution in [1.82, 2.24) is 15.1 Å². The van der Waals surface area contributed by atoms with Gasteiger partial charge in [0.25, 0.3) is 0 Å². The average Bonchev–Trinajstić information content (AvgIpc) is 2.80. The first-order chi connectivity index (χ1) is 10.1. The number of rotatable bonds is 6. The highest BCUT2D eigenvalue weighted by Crippen LogP contribution is 2.28. The molecule has 21 heavy (non-hydrogen) atoms. The predicted octanol–water partition coefficient (Wildman–Crippen LogP) is 4.38. The van der Waals surface area contributed by atoms with Crippen molar-refractivity contribution in [2.24, 2.45) is 0 Å². The fourth-order valence-electron chi connectivity index (χ4n) is 2.52. The first kappa shape index (κ1) is 16.5. The smallest absolute Gasteiger partial charge is 0.0766 e. The number of likely N-dealkylation sites (N-methyl/N-ethyl adjacent to an activating group) is 1. The molecule has 0 aliphatic carbocycles. The lowest BCUT2D eigenvalue weighted by Gasteiger charge is -2.18. The molecular formula is C16H21BrClN3. The van der Waals surface area contributed by atoms with E-state index in [2.05, 4.69) is 50.9 Å². The number of benzene rings is 1. The minimum Gasteiger partial charge on any atom is -0.313 e. The van der Waals surface area contributed by atoms with Gasteiger partial charge in [0, 0.05) is 24.0 Å². The molecule has 1 heterocycles. The average molecular weight is 371 g/mol. The van der Waals surface area contributed by atoms with Crippen molar-refractivity contribution in [3.63, 3.8) is 0 Å². The van der Waals surface area contributed by atoms with Gasteiger partial charge in [0.05, 0.1) is 15.9 Å². The second-order valence-corrected chi connectivity index (χ2v) is 6.21. The summed E-state index contributed by atoms with van der Waals surface area (Å²) in [4.78, 5) is 0. The molecule has 0 saturated heterocycles. The molecule has 1 N–H and O–H groups in total. The van der Waals surface area contributed by atoms with E-state index in [0.717, 1.165) is 34.6 Å². The van der Waals surface area contributed by atoms with E-state index < -0.39 is 0 Å². The summed E-state index contributed by atoms with van der Waals surface area (Å²) in [6.07, 6.45) is 1.81. The van der Waals surface area contributed by atoms with E-state index >= 15 is 0 Å². The van der Waals surface area contributed by atoms with Gasteiger partial charge in [-0.05, 0) is 54.0 Å². The SMILES string of the molecule is CCc1nn(CC)c(CC(NC)c2cccc(Cl)c2)c1Br. The zero-order valence-corrected chi connectivity index (χ0v) is 15.0. The Morgan fingerprint density at radius 2 is 2.14 bits per heavy atom. The minimum absolute atomic E-state index is 0.215. The van der Waals surface area contributed by atoms with Gasteiger partial charge >= 0.3 is 0 Å². The fraction of sp³-hybridized carbons (Fsp3) is 0.438. The monoisotopic (exact) mass is 369 g/mol. The summed E-state index contributed by atoms with van der Waals surface area (Å²) < 4.78 is 3.21. The van der Waals surface area contributed by atoms with E-state index in [1.807, 2.05) is 25.2 Å². The van der Waals surface area contributed by atoms with Crippen LogP contribution < -0.4 is 5.32 Å². The van der Waals surface area contributed by atoms with E-state index in [-0.39, 0.29) is 6.04 Å². The van der Waals surface area contributed by atoms with Gasteiger partial charge in [-0.3, -0.25) is 4.68 Å². The third-order valence-corrected chi connectivity index (χ3v) is 4.84. The van der Waals surface area contributed by atoms with Gasteiger partial charge < -0.3 is 5.32 Å². The zero-order chi connectivity index (χ0) is 15.4. The number of hydrogen-bond acceptors (Lipinski definition) is 2. The first-order valence-corrected chi connectivity index (χ1v) is 8.44. The lowest BCUT2D eigenvalue weighted by atomic mass is 10.0. The van der Waals surface area contributed by atoms with E-state index in [1.54, 1.807) is 0 Å². The number of aryl methyl sites for hydroxylation is 2. The van der Waals surface area contributed by atoms with Crippen molar-refractivity contribution >= 4 is 27.5 Å². The van der Waals surface area contributed by atoms with Crippen molar-refractivity contribution in [1.29, 1.82) is 0 Å². The van der Waals surface area contributed by atoms with Crippen LogP contribution in [0.15, 0.2) is 28.7 Å². The lowest BCUT2D eigenvalue weighted by Crippen LogP contribution is -2.20. The standard InChI is InChI=1S/C16H21BrClN3/c1-4-13-16(17)15(21(5-2)20-13)10-14(19-3)11-7-6-8-12(18)9-11/h6-9,14,19H,4-5,10H2,1-3H3. The van der Waals surface area contributed by atoms with Crippen LogP contribution in [-0.2, 0) is 19.4 Å². The van der Waals surface area contributed by atoms with Crippen LogP contribution in [0.2, 0.25) is 5.02 Å². The molecule has 0 amide bonds. The fourth-order valence-corrected chi connectivity index (χ4v) is 3.44. The van der Waals surface area contributed by atoms with Crippen molar-refractivity contribution in [3.05, 3.63) is 50.7 Å². The summed E-state index contributed by atoms with van der Waals surface area (Å²) in [6.45, 7) is 5.12. The molecule has 1 aromatic heterocycles. The number of nitrogens with zero attached hydrogens (tertiary/aromatic N) is 2. The van der Waals surface area contributed by atoms with Crippen LogP contribution in [0, 0.1) is 0 Å². The Balaban J connectivity index is 2.32. The maximum atomic E-state index is 6.11. The molecule has 1 aromatic carbocycles. The largest absolute Gasteiger partial charge is 0.313 e. The Hall–Kier alpha value is -0.840. The van der Waals surface area contributed by atoms with E-state index in [4.69, 9.17) is 11.6 Å². The maximum absolute atomic E-state index is 6.11. The Bertz CT molecular complexity index is 610. The topological polar surface area (TPSA) is 29.9 Å². The molecule has 0 saturated carbocycles. The van der Waals surface area contributed by atoms with Crippen LogP contribution in [0.3, 0.4) is 0 Å². The van der Waals surface area contributed by atoms with Crippen LogP contribution in [0.5, 0.6) is 0 Å². The third kappa shape index (κ3) is 3.68. The van der Waals surface area contributed by atoms with Crippen LogP contribution >= 0.6 is 27.5 Å². The Morgan fingerprint density at radius 1 is 1.38 bits per heavy atom. The van der Waals surface area contributed by atoms with Crippen LogP contribution in [0.25, 0.3) is 0 Å². The molecule has 0 spiro atoms. The van der Waals surface area contributed by atoms with Crippen LogP contribution in [-0.4, -0.2) is 16.8 Å². The molecule has 114 valence electrons. The van der Waals surface area contributed by atoms with Gasteiger partial charge in [0.1, 0.15) is 0 Å². The molecular weight excluding hydrogens is 350 g/mol. The maximum Gasteiger partial charge on any atom is 0.0766 e. The normalized spacial score (nSPS) is 12.6. The Labute approximate surface area is 139 Å². The van der Waals surface area contributed by atoms with Gasteiger partial charge in [-0.1, -0.05) is 30.7 Å². The summed E-state index contributed by atoms with van der Waals surface area (Å²) in [5, 5.41) is 8.81. The second kappa shape index (κ2) is 7.43. The minimum atomic E-state index is 0.215. The highest BCUT2D eigenvalue weighted by molar-refractivity contribution is 9.10. The van der Waals surface area contributed by atoms with E-state index in [9.17, 15) is 0 Å². The summed E-state index contributed by atoms with van der Waals surface area (Å²) >= 11 is 9.82. The van der Waals surface area contributed by atoms with Crippen molar-refractivity contribution in [2.45, 2.75) is 39.3 Å². The van der Waals surface area contributed by atoms with Gasteiger partial charge in [-0.25, -0.2) is 0 Å². The molecule has 0 bridgehead atoms. The highest BCUT2D eigenvalue weighted by Gasteiger charge is 2.19. The molecule has 2 aromatic rings. The van der Waals surface area contributed by atoms with Crippen molar-refractivity contribution in [2.75, 3.05) is 7.05 Å². The molecule has 1 atom stereocenters. The number of nitrogens with one attached hydrogen (secondary N) is 1. The highest BCUT2D eigenvalue weighted by atomic mass is 79.9. The van der Waals surface area contributed by atoms with Gasteiger partial charge in [0.15, 0.2) is 0 Å². The Morgan fingerprint density at radius 3 is 2.71 bits per heavy atom. The zero-order valence-electron chi connectivity index (χ0n) is 12.7. The summed E-state index contributed by atoms with van der Waals surface area (Å²) in [5.74, 6) is 0. The lowest BCUT2D eigenvalue weighted by molar-refractivity contribution is 0.539. The molecule has 5 heteroatoms. The van der Waals surface area contributed by atoms with Gasteiger partial charge in [0.2, 0.25) is 0 Å². The summed E-state index contributed by atoms with van der Waals surface area (Å²) in [5.41, 5.74) is 3.54. The van der Waals surface area contributed by atoms with Gasteiger partial charge in [-0.15, -0.1) is 0 Å². The molecule has 0 aliphatic heterocycles. The predicted molar refractivity (Wildman–Crippen MR) is 91.9 cm³/mol. The van der Waals surface area contributed by atoms with Crippen molar-refractivity contribution in [3.8, 4) is 0 Å². The van der Waals surface area contributed by atoms with Crippen molar-refractivity contribution < 1.29 is 0 Å². The van der Waals surface area contributed by atoms with Gasteiger partial charge in [-0.2, -0.15) is 5.10 Å². The number of aromatic nitrogens is 2. The summed E-state index contributed by atoms with van der Waals surface area (Å²) in [7, 11) is 1.98. The molecule has 0 aliphatic rings. The van der Waals surface area contributed by atoms with E-state index in [1.165, 1.54) is 11.3 Å². The molecule has 2 rings (SSSR count). The molecule has 3 nitrogen and oxygen atoms in total. The number of halogens is 2. The molecule has 0 fully saturated rings. The summed E-state index contributed by atoms with van der Waals surface area (Å²) in [6, 6.07) is 8.23. The van der Waals surface area contributed by atoms with Crippen LogP contribution in [0.4, 0.5) is 0 Å². The quantitative estimate of drug-likeness (QED) is 0.817. The Kier molecular flexibility index (Phi) is 5.85.